The van der Waals surface area contributed by atoms with Gasteiger partial charge < -0.3 is 9.57 Å². The monoisotopic (exact) mass is 400 g/mol. The van der Waals surface area contributed by atoms with Crippen molar-refractivity contribution < 1.29 is 19.6 Å². The SMILES string of the molecule is CN(O)C(=N)/C(=N/OCc1cccc(NC(=O)OC(C)(C)C)n1)c1ccccn1. The molecule has 154 valence electrons. The summed E-state index contributed by atoms with van der Waals surface area (Å²) in [6.07, 6.45) is 0.932. The first-order valence-electron chi connectivity index (χ1n) is 8.74. The van der Waals surface area contributed by atoms with E-state index in [1.807, 2.05) is 0 Å². The minimum Gasteiger partial charge on any atom is -0.444 e. The van der Waals surface area contributed by atoms with E-state index in [4.69, 9.17) is 15.0 Å². The fraction of sp³-hybridized carbons (Fsp3) is 0.316. The van der Waals surface area contributed by atoms with Crippen LogP contribution in [0.25, 0.3) is 0 Å². The molecule has 0 aliphatic carbocycles. The van der Waals surface area contributed by atoms with Gasteiger partial charge in [-0.05, 0) is 45.0 Å². The lowest BCUT2D eigenvalue weighted by atomic mass is 10.2. The van der Waals surface area contributed by atoms with Crippen LogP contribution in [0.4, 0.5) is 10.6 Å². The fourth-order valence-corrected chi connectivity index (χ4v) is 2.07. The van der Waals surface area contributed by atoms with Crippen LogP contribution in [0.5, 0.6) is 0 Å². The van der Waals surface area contributed by atoms with E-state index < -0.39 is 11.7 Å². The zero-order valence-corrected chi connectivity index (χ0v) is 16.7. The lowest BCUT2D eigenvalue weighted by Crippen LogP contribution is -2.31. The molecule has 0 aromatic carbocycles. The number of hydrogen-bond donors (Lipinski definition) is 3. The Bertz CT molecular complexity index is 878. The summed E-state index contributed by atoms with van der Waals surface area (Å²) in [5, 5.41) is 24.6. The number of amidine groups is 1. The summed E-state index contributed by atoms with van der Waals surface area (Å²) in [6.45, 7) is 5.27. The summed E-state index contributed by atoms with van der Waals surface area (Å²) in [5.41, 5.74) is 0.294. The van der Waals surface area contributed by atoms with Crippen LogP contribution < -0.4 is 5.32 Å². The number of oxime groups is 1. The van der Waals surface area contributed by atoms with E-state index >= 15 is 0 Å². The standard InChI is InChI=1S/C19H24N6O4/c1-19(2,3)29-18(26)23-15-10-7-8-13(22-15)12-28-24-16(17(20)25(4)27)14-9-5-6-11-21-14/h5-11,20,27H,12H2,1-4H3,(H,22,23,26)/b20-17?,24-16+. The van der Waals surface area contributed by atoms with Crippen molar-refractivity contribution in [2.75, 3.05) is 12.4 Å². The number of anilines is 1. The Morgan fingerprint density at radius 3 is 2.66 bits per heavy atom. The Labute approximate surface area is 168 Å². The third-order valence-electron chi connectivity index (χ3n) is 3.26. The molecule has 0 fully saturated rings. The zero-order valence-electron chi connectivity index (χ0n) is 16.7. The van der Waals surface area contributed by atoms with Gasteiger partial charge in [0.05, 0.1) is 11.4 Å². The maximum absolute atomic E-state index is 11.9. The number of hydrogen-bond acceptors (Lipinski definition) is 8. The highest BCUT2D eigenvalue weighted by atomic mass is 16.6. The molecule has 10 nitrogen and oxygen atoms in total. The van der Waals surface area contributed by atoms with E-state index in [9.17, 15) is 10.0 Å². The van der Waals surface area contributed by atoms with Gasteiger partial charge in [-0.15, -0.1) is 0 Å². The maximum Gasteiger partial charge on any atom is 0.413 e. The van der Waals surface area contributed by atoms with Crippen molar-refractivity contribution >= 4 is 23.5 Å². The number of likely N-dealkylation sites (N-methyl/N-ethyl adjacent to an activating group) is 1. The molecule has 0 aliphatic rings. The van der Waals surface area contributed by atoms with Gasteiger partial charge in [-0.3, -0.25) is 20.9 Å². The lowest BCUT2D eigenvalue weighted by molar-refractivity contribution is 0.0148. The van der Waals surface area contributed by atoms with Gasteiger partial charge in [0, 0.05) is 13.2 Å². The molecule has 29 heavy (non-hydrogen) atoms. The van der Waals surface area contributed by atoms with Crippen molar-refractivity contribution in [3.05, 3.63) is 54.0 Å². The highest BCUT2D eigenvalue weighted by Gasteiger charge is 2.17. The second kappa shape index (κ2) is 9.60. The normalized spacial score (nSPS) is 11.6. The van der Waals surface area contributed by atoms with Crippen LogP contribution in [0.1, 0.15) is 32.2 Å². The molecule has 3 N–H and O–H groups in total. The second-order valence-electron chi connectivity index (χ2n) is 6.94. The van der Waals surface area contributed by atoms with E-state index in [0.29, 0.717) is 22.3 Å². The van der Waals surface area contributed by atoms with E-state index in [0.717, 1.165) is 0 Å². The summed E-state index contributed by atoms with van der Waals surface area (Å²) in [6, 6.07) is 10.1. The highest BCUT2D eigenvalue weighted by Crippen LogP contribution is 2.11. The quantitative estimate of drug-likeness (QED) is 0.385. The number of carbonyl (C=O) groups excluding carboxylic acids is 1. The fourth-order valence-electron chi connectivity index (χ4n) is 2.07. The molecule has 0 aliphatic heterocycles. The molecule has 0 radical (unpaired) electrons. The molecular weight excluding hydrogens is 376 g/mol. The summed E-state index contributed by atoms with van der Waals surface area (Å²) >= 11 is 0. The number of nitrogens with zero attached hydrogens (tertiary/aromatic N) is 4. The van der Waals surface area contributed by atoms with Gasteiger partial charge in [0.1, 0.15) is 11.4 Å². The predicted molar refractivity (Wildman–Crippen MR) is 107 cm³/mol. The molecule has 0 spiro atoms. The molecule has 0 atom stereocenters. The Balaban J connectivity index is 2.07. The number of amides is 1. The number of ether oxygens (including phenoxy) is 1. The van der Waals surface area contributed by atoms with Crippen LogP contribution in [0, 0.1) is 5.41 Å². The van der Waals surface area contributed by atoms with Crippen LogP contribution in [0.15, 0.2) is 47.8 Å². The van der Waals surface area contributed by atoms with Crippen molar-refractivity contribution in [1.82, 2.24) is 15.0 Å². The van der Waals surface area contributed by atoms with Gasteiger partial charge in [-0.1, -0.05) is 17.3 Å². The van der Waals surface area contributed by atoms with Crippen molar-refractivity contribution in [1.29, 1.82) is 5.41 Å². The van der Waals surface area contributed by atoms with Gasteiger partial charge in [-0.2, -0.15) is 0 Å². The van der Waals surface area contributed by atoms with E-state index in [-0.39, 0.29) is 18.2 Å². The molecule has 0 saturated heterocycles. The summed E-state index contributed by atoms with van der Waals surface area (Å²) in [5.74, 6) is 0.0223. The third-order valence-corrected chi connectivity index (χ3v) is 3.26. The molecule has 2 aromatic rings. The van der Waals surface area contributed by atoms with Gasteiger partial charge in [-0.25, -0.2) is 14.8 Å². The van der Waals surface area contributed by atoms with Crippen molar-refractivity contribution in [2.24, 2.45) is 5.16 Å². The topological polar surface area (TPSA) is 133 Å². The largest absolute Gasteiger partial charge is 0.444 e. The van der Waals surface area contributed by atoms with E-state index in [2.05, 4.69) is 20.4 Å². The van der Waals surface area contributed by atoms with Crippen LogP contribution in [0.3, 0.4) is 0 Å². The van der Waals surface area contributed by atoms with Gasteiger partial charge >= 0.3 is 6.09 Å². The van der Waals surface area contributed by atoms with Crippen LogP contribution in [0.2, 0.25) is 0 Å². The Morgan fingerprint density at radius 1 is 1.28 bits per heavy atom. The summed E-state index contributed by atoms with van der Waals surface area (Å²) in [4.78, 5) is 25.5. The van der Waals surface area contributed by atoms with Gasteiger partial charge in [0.2, 0.25) is 0 Å². The van der Waals surface area contributed by atoms with Crippen LogP contribution >= 0.6 is 0 Å². The number of rotatable bonds is 6. The Hall–Kier alpha value is -3.53. The first kappa shape index (κ1) is 21.8. The molecule has 2 aromatic heterocycles. The first-order chi connectivity index (χ1) is 13.7. The molecule has 2 rings (SSSR count). The number of carbonyl (C=O) groups is 1. The van der Waals surface area contributed by atoms with Crippen molar-refractivity contribution in [2.45, 2.75) is 33.0 Å². The zero-order chi connectivity index (χ0) is 21.4. The number of nitrogens with one attached hydrogen (secondary N) is 2. The molecule has 0 unspecified atom stereocenters. The van der Waals surface area contributed by atoms with Crippen LogP contribution in [-0.4, -0.2) is 50.5 Å². The highest BCUT2D eigenvalue weighted by molar-refractivity contribution is 6.45. The molecule has 10 heteroatoms. The average Bonchev–Trinajstić information content (AvgIpc) is 2.64. The first-order valence-corrected chi connectivity index (χ1v) is 8.74. The molecular formula is C19H24N6O4. The Kier molecular flexibility index (Phi) is 7.21. The second-order valence-corrected chi connectivity index (χ2v) is 6.94. The summed E-state index contributed by atoms with van der Waals surface area (Å²) in [7, 11) is 1.30. The minimum atomic E-state index is -0.619. The Morgan fingerprint density at radius 2 is 2.03 bits per heavy atom. The number of hydroxylamine groups is 2. The predicted octanol–water partition coefficient (Wildman–Crippen LogP) is 3.04. The lowest BCUT2D eigenvalue weighted by Gasteiger charge is -2.19. The molecule has 0 bridgehead atoms. The van der Waals surface area contributed by atoms with Crippen molar-refractivity contribution in [3.63, 3.8) is 0 Å². The summed E-state index contributed by atoms with van der Waals surface area (Å²) < 4.78 is 5.19. The average molecular weight is 400 g/mol. The van der Waals surface area contributed by atoms with Crippen LogP contribution in [-0.2, 0) is 16.2 Å². The van der Waals surface area contributed by atoms with Gasteiger partial charge in [0.15, 0.2) is 18.2 Å². The molecule has 1 amide bonds. The van der Waals surface area contributed by atoms with Gasteiger partial charge in [0.25, 0.3) is 0 Å². The minimum absolute atomic E-state index is 0.0252. The van der Waals surface area contributed by atoms with Crippen molar-refractivity contribution in [3.8, 4) is 0 Å². The van der Waals surface area contributed by atoms with E-state index in [1.54, 1.807) is 63.4 Å². The molecule has 2 heterocycles. The van der Waals surface area contributed by atoms with E-state index in [1.165, 1.54) is 7.05 Å². The number of pyridine rings is 2. The maximum atomic E-state index is 11.9. The third kappa shape index (κ3) is 7.18. The smallest absolute Gasteiger partial charge is 0.413 e. The number of aromatic nitrogens is 2. The molecule has 0 saturated carbocycles.